The van der Waals surface area contributed by atoms with Crippen molar-refractivity contribution < 1.29 is 4.74 Å². The molecule has 0 spiro atoms. The van der Waals surface area contributed by atoms with Gasteiger partial charge in [-0.05, 0) is 45.6 Å². The fourth-order valence-electron chi connectivity index (χ4n) is 3.92. The first-order valence-corrected chi connectivity index (χ1v) is 8.50. The van der Waals surface area contributed by atoms with Crippen molar-refractivity contribution in [2.24, 2.45) is 0 Å². The van der Waals surface area contributed by atoms with Gasteiger partial charge in [0.25, 0.3) is 0 Å². The van der Waals surface area contributed by atoms with E-state index >= 15 is 0 Å². The largest absolute Gasteiger partial charge is 0.457 e. The van der Waals surface area contributed by atoms with Gasteiger partial charge in [-0.15, -0.1) is 0 Å². The normalized spacial score (nSPS) is 21.6. The Morgan fingerprint density at radius 1 is 0.957 bits per heavy atom. The highest BCUT2D eigenvalue weighted by Crippen LogP contribution is 2.46. The molecule has 2 aliphatic rings. The Kier molecular flexibility index (Phi) is 3.83. The molecule has 2 heterocycles. The summed E-state index contributed by atoms with van der Waals surface area (Å²) in [4.78, 5) is 5.00. The predicted molar refractivity (Wildman–Crippen MR) is 93.1 cm³/mol. The minimum atomic E-state index is 0.305. The molecule has 23 heavy (non-hydrogen) atoms. The fraction of sp³-hybridized carbons (Fsp3) is 0.400. The van der Waals surface area contributed by atoms with E-state index in [2.05, 4.69) is 72.4 Å². The van der Waals surface area contributed by atoms with Gasteiger partial charge in [-0.25, -0.2) is 0 Å². The third kappa shape index (κ3) is 2.64. The van der Waals surface area contributed by atoms with Gasteiger partial charge in [-0.2, -0.15) is 0 Å². The number of rotatable bonds is 2. The molecular weight excluding hydrogens is 284 g/mol. The summed E-state index contributed by atoms with van der Waals surface area (Å²) in [7, 11) is 4.39. The van der Waals surface area contributed by atoms with E-state index in [4.69, 9.17) is 4.74 Å². The summed E-state index contributed by atoms with van der Waals surface area (Å²) in [6, 6.07) is 17.9. The van der Waals surface area contributed by atoms with Crippen molar-refractivity contribution >= 4 is 0 Å². The number of benzene rings is 2. The first kappa shape index (κ1) is 14.7. The van der Waals surface area contributed by atoms with Crippen LogP contribution in [0.5, 0.6) is 11.5 Å². The molecule has 0 aromatic heterocycles. The van der Waals surface area contributed by atoms with Gasteiger partial charge in [0.05, 0.1) is 6.04 Å². The van der Waals surface area contributed by atoms with Gasteiger partial charge >= 0.3 is 0 Å². The van der Waals surface area contributed by atoms with E-state index in [1.807, 2.05) is 0 Å². The summed E-state index contributed by atoms with van der Waals surface area (Å²) in [5, 5.41) is 0. The third-order valence-corrected chi connectivity index (χ3v) is 5.17. The Hall–Kier alpha value is -1.84. The quantitative estimate of drug-likeness (QED) is 0.836. The number of fused-ring (bicyclic) bond motifs is 2. The van der Waals surface area contributed by atoms with Crippen LogP contribution in [0.25, 0.3) is 0 Å². The smallest absolute Gasteiger partial charge is 0.132 e. The van der Waals surface area contributed by atoms with Gasteiger partial charge in [0.1, 0.15) is 11.5 Å². The lowest BCUT2D eigenvalue weighted by Crippen LogP contribution is -2.47. The van der Waals surface area contributed by atoms with Crippen molar-refractivity contribution in [2.45, 2.75) is 24.9 Å². The molecule has 0 aliphatic carbocycles. The molecular formula is C20H24N2O. The predicted octanol–water partition coefficient (Wildman–Crippen LogP) is 3.91. The van der Waals surface area contributed by atoms with Crippen LogP contribution in [0, 0.1) is 0 Å². The molecule has 1 atom stereocenters. The first-order chi connectivity index (χ1) is 11.2. The number of ether oxygens (including phenoxy) is 1. The van der Waals surface area contributed by atoms with E-state index in [-0.39, 0.29) is 0 Å². The fourth-order valence-corrected chi connectivity index (χ4v) is 3.92. The van der Waals surface area contributed by atoms with Crippen LogP contribution in [0.2, 0.25) is 0 Å². The second-order valence-corrected chi connectivity index (χ2v) is 6.83. The molecule has 3 nitrogen and oxygen atoms in total. The summed E-state index contributed by atoms with van der Waals surface area (Å²) in [6.07, 6.45) is 2.54. The van der Waals surface area contributed by atoms with Crippen LogP contribution in [-0.2, 0) is 0 Å². The molecule has 2 aliphatic heterocycles. The zero-order chi connectivity index (χ0) is 15.8. The van der Waals surface area contributed by atoms with E-state index in [0.29, 0.717) is 12.1 Å². The van der Waals surface area contributed by atoms with Crippen molar-refractivity contribution in [2.75, 3.05) is 27.2 Å². The average molecular weight is 308 g/mol. The number of piperidine rings is 1. The molecule has 0 saturated carbocycles. The summed E-state index contributed by atoms with van der Waals surface area (Å²) in [6.45, 7) is 2.26. The van der Waals surface area contributed by atoms with Crippen molar-refractivity contribution in [3.05, 3.63) is 59.7 Å². The molecule has 1 saturated heterocycles. The zero-order valence-electron chi connectivity index (χ0n) is 13.9. The maximum Gasteiger partial charge on any atom is 0.132 e. The van der Waals surface area contributed by atoms with Crippen LogP contribution < -0.4 is 4.74 Å². The monoisotopic (exact) mass is 308 g/mol. The molecule has 3 heteroatoms. The molecule has 0 radical (unpaired) electrons. The Bertz CT molecular complexity index is 652. The van der Waals surface area contributed by atoms with Crippen LogP contribution >= 0.6 is 0 Å². The minimum absolute atomic E-state index is 0.305. The van der Waals surface area contributed by atoms with Gasteiger partial charge in [0, 0.05) is 23.7 Å². The number of para-hydroxylation sites is 2. The molecule has 0 amide bonds. The summed E-state index contributed by atoms with van der Waals surface area (Å²) in [5.74, 6) is 2.01. The molecule has 4 rings (SSSR count). The van der Waals surface area contributed by atoms with Crippen LogP contribution in [0.15, 0.2) is 48.5 Å². The Morgan fingerprint density at radius 2 is 1.57 bits per heavy atom. The van der Waals surface area contributed by atoms with Crippen molar-refractivity contribution in [3.63, 3.8) is 0 Å². The van der Waals surface area contributed by atoms with Gasteiger partial charge in [-0.1, -0.05) is 36.4 Å². The third-order valence-electron chi connectivity index (χ3n) is 5.17. The SMILES string of the molecule is CN(C)[C@@H]1CCCN(C2c3ccccc3Oc3ccccc32)C1. The van der Waals surface area contributed by atoms with Crippen LogP contribution in [0.1, 0.15) is 30.0 Å². The summed E-state index contributed by atoms with van der Waals surface area (Å²) >= 11 is 0. The molecule has 0 N–H and O–H groups in total. The number of likely N-dealkylation sites (tertiary alicyclic amines) is 1. The second kappa shape index (κ2) is 5.99. The van der Waals surface area contributed by atoms with Crippen LogP contribution in [0.3, 0.4) is 0 Å². The minimum Gasteiger partial charge on any atom is -0.457 e. The number of hydrogen-bond donors (Lipinski definition) is 0. The Morgan fingerprint density at radius 3 is 2.17 bits per heavy atom. The summed E-state index contributed by atoms with van der Waals surface area (Å²) < 4.78 is 6.14. The van der Waals surface area contributed by atoms with Crippen molar-refractivity contribution in [1.82, 2.24) is 9.80 Å². The van der Waals surface area contributed by atoms with Gasteiger partial charge in [0.15, 0.2) is 0 Å². The molecule has 2 aromatic carbocycles. The highest BCUT2D eigenvalue weighted by atomic mass is 16.5. The maximum atomic E-state index is 6.14. The molecule has 120 valence electrons. The Labute approximate surface area is 138 Å². The second-order valence-electron chi connectivity index (χ2n) is 6.83. The number of likely N-dealkylation sites (N-methyl/N-ethyl adjacent to an activating group) is 1. The Balaban J connectivity index is 1.75. The lowest BCUT2D eigenvalue weighted by atomic mass is 9.91. The molecule has 2 aromatic rings. The molecule has 1 fully saturated rings. The van der Waals surface area contributed by atoms with E-state index < -0.39 is 0 Å². The van der Waals surface area contributed by atoms with Crippen LogP contribution in [0.4, 0.5) is 0 Å². The number of hydrogen-bond acceptors (Lipinski definition) is 3. The highest BCUT2D eigenvalue weighted by Gasteiger charge is 2.34. The van der Waals surface area contributed by atoms with Crippen molar-refractivity contribution in [1.29, 1.82) is 0 Å². The van der Waals surface area contributed by atoms with Gasteiger partial charge in [-0.3, -0.25) is 4.90 Å². The van der Waals surface area contributed by atoms with E-state index in [1.165, 1.54) is 24.0 Å². The summed E-state index contributed by atoms with van der Waals surface area (Å²) in [5.41, 5.74) is 2.59. The van der Waals surface area contributed by atoms with Crippen molar-refractivity contribution in [3.8, 4) is 11.5 Å². The maximum absolute atomic E-state index is 6.14. The lowest BCUT2D eigenvalue weighted by Gasteiger charge is -2.42. The van der Waals surface area contributed by atoms with E-state index in [9.17, 15) is 0 Å². The highest BCUT2D eigenvalue weighted by molar-refractivity contribution is 5.53. The molecule has 0 unspecified atom stereocenters. The topological polar surface area (TPSA) is 15.7 Å². The zero-order valence-corrected chi connectivity index (χ0v) is 13.9. The molecule has 0 bridgehead atoms. The average Bonchev–Trinajstić information content (AvgIpc) is 2.59. The lowest BCUT2D eigenvalue weighted by molar-refractivity contribution is 0.106. The van der Waals surface area contributed by atoms with Gasteiger partial charge < -0.3 is 9.64 Å². The van der Waals surface area contributed by atoms with E-state index in [1.54, 1.807) is 0 Å². The van der Waals surface area contributed by atoms with Gasteiger partial charge in [0.2, 0.25) is 0 Å². The van der Waals surface area contributed by atoms with E-state index in [0.717, 1.165) is 24.6 Å². The first-order valence-electron chi connectivity index (χ1n) is 8.50. The standard InChI is InChI=1S/C20H24N2O/c1-21(2)15-8-7-13-22(14-15)20-16-9-3-5-11-18(16)23-19-12-6-4-10-17(19)20/h3-6,9-12,15,20H,7-8,13-14H2,1-2H3/t15-/m1/s1. The number of nitrogens with zero attached hydrogens (tertiary/aromatic N) is 2. The van der Waals surface area contributed by atoms with Crippen LogP contribution in [-0.4, -0.2) is 43.0 Å².